The number of nitrogens with one attached hydrogen (secondary N) is 2. The fourth-order valence-corrected chi connectivity index (χ4v) is 4.03. The van der Waals surface area contributed by atoms with Gasteiger partial charge in [0.25, 0.3) is 0 Å². The number of fused-ring (bicyclic) bond motifs is 3. The molecule has 0 fully saturated rings. The number of carbonyl (C=O) groups is 2. The lowest BCUT2D eigenvalue weighted by molar-refractivity contribution is -0.139. The normalized spacial score (nSPS) is 13.3. The molecule has 0 spiro atoms. The average molecular weight is 445 g/mol. The fraction of sp³-hybridized carbons (Fsp3) is 0.333. The van der Waals surface area contributed by atoms with E-state index in [0.29, 0.717) is 25.8 Å². The highest BCUT2D eigenvalue weighted by Crippen LogP contribution is 2.44. The number of hydrogen-bond donors (Lipinski definition) is 3. The molecule has 2 aromatic rings. The van der Waals surface area contributed by atoms with E-state index < -0.39 is 18.1 Å². The molecule has 0 aliphatic heterocycles. The first-order chi connectivity index (χ1) is 14.6. The Morgan fingerprint density at radius 2 is 1.73 bits per heavy atom. The lowest BCUT2D eigenvalue weighted by atomic mass is 9.98. The van der Waals surface area contributed by atoms with Gasteiger partial charge in [-0.1, -0.05) is 48.5 Å². The van der Waals surface area contributed by atoms with Crippen molar-refractivity contribution in [2.75, 3.05) is 13.2 Å². The lowest BCUT2D eigenvalue weighted by Gasteiger charge is -2.15. The predicted molar refractivity (Wildman–Crippen MR) is 120 cm³/mol. The molecular weight excluding hydrogens is 421 g/mol. The molecular formula is C21H24N3O4PS. The van der Waals surface area contributed by atoms with Crippen LogP contribution in [0.25, 0.3) is 11.1 Å². The molecule has 2 atom stereocenters. The van der Waals surface area contributed by atoms with Crippen molar-refractivity contribution in [3.05, 3.63) is 59.7 Å². The molecule has 2 unspecified atom stereocenters. The first kappa shape index (κ1) is 22.2. The number of aliphatic carboxylic acids is 1. The van der Waals surface area contributed by atoms with E-state index in [2.05, 4.69) is 39.9 Å². The van der Waals surface area contributed by atoms with Gasteiger partial charge in [0.15, 0.2) is 0 Å². The van der Waals surface area contributed by atoms with Crippen LogP contribution in [-0.2, 0) is 21.3 Å². The maximum absolute atomic E-state index is 12.1. The second-order valence-corrected chi connectivity index (χ2v) is 7.93. The monoisotopic (exact) mass is 445 g/mol. The van der Waals surface area contributed by atoms with E-state index >= 15 is 0 Å². The molecule has 0 saturated carbocycles. The Kier molecular flexibility index (Phi) is 8.13. The number of benzene rings is 2. The molecule has 0 aromatic heterocycles. The van der Waals surface area contributed by atoms with Gasteiger partial charge in [-0.3, -0.25) is 4.79 Å². The van der Waals surface area contributed by atoms with Crippen LogP contribution in [0.4, 0.5) is 4.79 Å². The van der Waals surface area contributed by atoms with Gasteiger partial charge in [-0.25, -0.2) is 4.79 Å². The molecule has 7 nitrogen and oxygen atoms in total. The van der Waals surface area contributed by atoms with Crippen LogP contribution >= 0.6 is 7.15 Å². The van der Waals surface area contributed by atoms with Crippen molar-refractivity contribution in [3.8, 4) is 11.1 Å². The predicted octanol–water partition coefficient (Wildman–Crippen LogP) is 3.98. The first-order valence-corrected chi connectivity index (χ1v) is 11.8. The first-order valence-electron chi connectivity index (χ1n) is 9.76. The zero-order valence-corrected chi connectivity index (χ0v) is 18.2. The molecule has 1 aliphatic carbocycles. The summed E-state index contributed by atoms with van der Waals surface area (Å²) in [5.74, 6) is -0.934. The van der Waals surface area contributed by atoms with Crippen LogP contribution in [0.15, 0.2) is 53.4 Å². The van der Waals surface area contributed by atoms with Crippen LogP contribution in [0.1, 0.15) is 36.3 Å². The van der Waals surface area contributed by atoms with E-state index in [1.54, 1.807) is 0 Å². The molecule has 0 saturated heterocycles. The standard InChI is InChI=1S/C21H24N3O4PS/c25-20(26)19(23-24-29-30)11-5-6-12-22-21(27)28-13-18-16-9-3-1-7-14(16)15-8-2-4-10-17(15)18/h1-4,7-10,18-19,23,29H,5-6,11-13H2,(H,22,27)(H,25,26). The van der Waals surface area contributed by atoms with E-state index in [1.807, 2.05) is 24.3 Å². The third kappa shape index (κ3) is 5.53. The molecule has 30 heavy (non-hydrogen) atoms. The van der Waals surface area contributed by atoms with E-state index in [4.69, 9.17) is 21.7 Å². The van der Waals surface area contributed by atoms with Crippen molar-refractivity contribution in [2.24, 2.45) is 4.85 Å². The summed E-state index contributed by atoms with van der Waals surface area (Å²) < 4.78 is 5.48. The second kappa shape index (κ2) is 11.0. The fourth-order valence-electron chi connectivity index (χ4n) is 3.66. The Labute approximate surface area is 181 Å². The number of carboxylic acid groups (broad SMARTS) is 1. The third-order valence-electron chi connectivity index (χ3n) is 5.10. The van der Waals surface area contributed by atoms with Crippen LogP contribution in [0.5, 0.6) is 0 Å². The molecule has 3 N–H and O–H groups in total. The Morgan fingerprint density at radius 3 is 2.33 bits per heavy atom. The number of rotatable bonds is 10. The number of ether oxygens (including phenoxy) is 1. The Balaban J connectivity index is 1.43. The molecule has 3 rings (SSSR count). The lowest BCUT2D eigenvalue weighted by Crippen LogP contribution is -2.33. The topological polar surface area (TPSA) is 100 Å². The summed E-state index contributed by atoms with van der Waals surface area (Å²) in [6.45, 7) is 0.692. The highest BCUT2D eigenvalue weighted by Gasteiger charge is 2.28. The summed E-state index contributed by atoms with van der Waals surface area (Å²) in [6, 6.07) is 15.6. The molecule has 0 radical (unpaired) electrons. The molecule has 1 aliphatic rings. The number of alkyl carbamates (subject to hydrolysis) is 1. The van der Waals surface area contributed by atoms with E-state index in [0.717, 1.165) is 0 Å². The largest absolute Gasteiger partial charge is 0.480 e. The summed E-state index contributed by atoms with van der Waals surface area (Å²) in [4.78, 5) is 27.0. The number of carbonyl (C=O) groups excluding carboxylic acids is 1. The van der Waals surface area contributed by atoms with Gasteiger partial charge in [0.1, 0.15) is 12.6 Å². The number of carboxylic acids is 1. The van der Waals surface area contributed by atoms with Crippen LogP contribution in [0, 0.1) is 0 Å². The Bertz CT molecular complexity index is 919. The Hall–Kier alpha value is -2.54. The van der Waals surface area contributed by atoms with Gasteiger partial charge in [0.2, 0.25) is 0 Å². The maximum Gasteiger partial charge on any atom is 0.407 e. The minimum absolute atomic E-state index is 0.0272. The van der Waals surface area contributed by atoms with Gasteiger partial charge in [-0.15, -0.1) is 0 Å². The zero-order chi connectivity index (χ0) is 21.3. The van der Waals surface area contributed by atoms with Gasteiger partial charge in [0, 0.05) is 19.6 Å². The van der Waals surface area contributed by atoms with Gasteiger partial charge in [-0.05, 0) is 53.3 Å². The van der Waals surface area contributed by atoms with Gasteiger partial charge in [-0.2, -0.15) is 10.3 Å². The number of unbranched alkanes of at least 4 members (excludes halogenated alkanes) is 1. The summed E-state index contributed by atoms with van der Waals surface area (Å²) in [7, 11) is -0.115. The van der Waals surface area contributed by atoms with Crippen molar-refractivity contribution < 1.29 is 19.4 Å². The van der Waals surface area contributed by atoms with Gasteiger partial charge < -0.3 is 15.2 Å². The molecule has 1 amide bonds. The quantitative estimate of drug-likeness (QED) is 0.291. The van der Waals surface area contributed by atoms with Crippen molar-refractivity contribution in [2.45, 2.75) is 31.2 Å². The smallest absolute Gasteiger partial charge is 0.407 e. The molecule has 158 valence electrons. The molecule has 0 bridgehead atoms. The van der Waals surface area contributed by atoms with E-state index in [9.17, 15) is 9.59 Å². The summed E-state index contributed by atoms with van der Waals surface area (Å²) in [5.41, 5.74) is 7.27. The van der Waals surface area contributed by atoms with Crippen molar-refractivity contribution >= 4 is 31.0 Å². The van der Waals surface area contributed by atoms with Crippen LogP contribution < -0.4 is 10.7 Å². The summed E-state index contributed by atoms with van der Waals surface area (Å²) in [6.07, 6.45) is 1.22. The number of nitrogens with zero attached hydrogens (tertiary/aromatic N) is 1. The van der Waals surface area contributed by atoms with Crippen LogP contribution in [-0.4, -0.2) is 36.4 Å². The molecule has 9 heteroatoms. The summed E-state index contributed by atoms with van der Waals surface area (Å²) >= 11 is 4.69. The molecule has 0 heterocycles. The minimum atomic E-state index is -0.962. The third-order valence-corrected chi connectivity index (χ3v) is 5.59. The average Bonchev–Trinajstić information content (AvgIpc) is 3.07. The van der Waals surface area contributed by atoms with E-state index in [1.165, 1.54) is 22.3 Å². The van der Waals surface area contributed by atoms with Crippen molar-refractivity contribution in [3.63, 3.8) is 0 Å². The maximum atomic E-state index is 12.1. The van der Waals surface area contributed by atoms with Gasteiger partial charge >= 0.3 is 12.1 Å². The Morgan fingerprint density at radius 1 is 1.10 bits per heavy atom. The number of hydrogen-bond acceptors (Lipinski definition) is 5. The second-order valence-electron chi connectivity index (χ2n) is 6.97. The minimum Gasteiger partial charge on any atom is -0.480 e. The molecule has 2 aromatic carbocycles. The SMILES string of the molecule is O=C(NCCCCC(NN=[PH]=S)C(=O)O)OCC1c2ccccc2-c2ccccc21. The highest BCUT2D eigenvalue weighted by atomic mass is 32.4. The van der Waals surface area contributed by atoms with Gasteiger partial charge in [0.05, 0.1) is 0 Å². The van der Waals surface area contributed by atoms with E-state index in [-0.39, 0.29) is 19.7 Å². The van der Waals surface area contributed by atoms with Crippen LogP contribution in [0.2, 0.25) is 0 Å². The number of amides is 1. The zero-order valence-electron chi connectivity index (χ0n) is 16.3. The van der Waals surface area contributed by atoms with Crippen molar-refractivity contribution in [1.82, 2.24) is 10.7 Å². The van der Waals surface area contributed by atoms with Crippen LogP contribution in [0.3, 0.4) is 0 Å². The highest BCUT2D eigenvalue weighted by molar-refractivity contribution is 7.92. The van der Waals surface area contributed by atoms with Crippen molar-refractivity contribution in [1.29, 1.82) is 0 Å². The summed E-state index contributed by atoms with van der Waals surface area (Å²) in [5, 5.41) is 11.8.